The number of hydrogen-bond donors (Lipinski definition) is 1. The van der Waals surface area contributed by atoms with Crippen LogP contribution < -0.4 is 5.14 Å². The molecule has 6 heteroatoms. The molecule has 1 aliphatic rings. The second-order valence-electron chi connectivity index (χ2n) is 4.10. The minimum absolute atomic E-state index is 0.178. The Morgan fingerprint density at radius 3 is 3.00 bits per heavy atom. The van der Waals surface area contributed by atoms with Crippen molar-refractivity contribution in [2.75, 3.05) is 6.61 Å². The fraction of sp³-hybridized carbons (Fsp3) is 0.500. The smallest absolute Gasteiger partial charge is 0.158 e. The van der Waals surface area contributed by atoms with Crippen LogP contribution in [0.25, 0.3) is 0 Å². The van der Waals surface area contributed by atoms with Crippen molar-refractivity contribution in [3.05, 3.63) is 28.0 Å². The van der Waals surface area contributed by atoms with Gasteiger partial charge < -0.3 is 9.47 Å². The lowest BCUT2D eigenvalue weighted by Gasteiger charge is -2.23. The van der Waals surface area contributed by atoms with Gasteiger partial charge in [0.15, 0.2) is 6.29 Å². The van der Waals surface area contributed by atoms with E-state index in [2.05, 4.69) is 15.9 Å². The predicted octanol–water partition coefficient (Wildman–Crippen LogP) is 3.60. The fourth-order valence-corrected chi connectivity index (χ4v) is 2.87. The Morgan fingerprint density at radius 2 is 2.33 bits per heavy atom. The third-order valence-corrected chi connectivity index (χ3v) is 4.54. The fourth-order valence-electron chi connectivity index (χ4n) is 1.83. The molecular formula is C12H15BrFNO2S. The lowest BCUT2D eigenvalue weighted by Crippen LogP contribution is -2.22. The monoisotopic (exact) mass is 335 g/mol. The van der Waals surface area contributed by atoms with Crippen LogP contribution in [0.4, 0.5) is 4.39 Å². The molecule has 18 heavy (non-hydrogen) atoms. The first-order chi connectivity index (χ1) is 8.70. The lowest BCUT2D eigenvalue weighted by molar-refractivity contribution is -0.169. The molecule has 0 spiro atoms. The minimum atomic E-state index is -0.311. The van der Waals surface area contributed by atoms with Crippen molar-refractivity contribution in [2.24, 2.45) is 5.14 Å². The van der Waals surface area contributed by atoms with Gasteiger partial charge in [0, 0.05) is 16.0 Å². The zero-order valence-corrected chi connectivity index (χ0v) is 12.2. The van der Waals surface area contributed by atoms with Crippen LogP contribution in [0.1, 0.15) is 24.8 Å². The van der Waals surface area contributed by atoms with E-state index in [9.17, 15) is 4.39 Å². The second kappa shape index (κ2) is 6.86. The highest BCUT2D eigenvalue weighted by Gasteiger charge is 2.16. The Bertz CT molecular complexity index is 413. The molecule has 0 saturated carbocycles. The van der Waals surface area contributed by atoms with E-state index in [4.69, 9.17) is 14.6 Å². The first-order valence-electron chi connectivity index (χ1n) is 5.78. The van der Waals surface area contributed by atoms with E-state index in [1.54, 1.807) is 0 Å². The molecule has 0 radical (unpaired) electrons. The van der Waals surface area contributed by atoms with Crippen LogP contribution in [0, 0.1) is 5.82 Å². The maximum absolute atomic E-state index is 13.4. The SMILES string of the molecule is NSc1cc(F)cc(COC2CCCCO2)c1Br. The Labute approximate surface area is 118 Å². The van der Waals surface area contributed by atoms with Crippen LogP contribution in [0.15, 0.2) is 21.5 Å². The number of nitrogens with two attached hydrogens (primary N) is 1. The van der Waals surface area contributed by atoms with Gasteiger partial charge in [0.25, 0.3) is 0 Å². The van der Waals surface area contributed by atoms with Crippen molar-refractivity contribution in [3.63, 3.8) is 0 Å². The summed E-state index contributed by atoms with van der Waals surface area (Å²) < 4.78 is 25.3. The Kier molecular flexibility index (Phi) is 5.44. The summed E-state index contributed by atoms with van der Waals surface area (Å²) in [5.74, 6) is -0.311. The maximum Gasteiger partial charge on any atom is 0.158 e. The van der Waals surface area contributed by atoms with Crippen LogP contribution in [0.5, 0.6) is 0 Å². The number of rotatable bonds is 4. The average molecular weight is 336 g/mol. The van der Waals surface area contributed by atoms with Gasteiger partial charge in [-0.25, -0.2) is 4.39 Å². The molecule has 0 aliphatic carbocycles. The summed E-state index contributed by atoms with van der Waals surface area (Å²) in [4.78, 5) is 0.665. The van der Waals surface area contributed by atoms with Crippen LogP contribution >= 0.6 is 27.9 Å². The predicted molar refractivity (Wildman–Crippen MR) is 72.5 cm³/mol. The highest BCUT2D eigenvalue weighted by atomic mass is 79.9. The molecule has 0 amide bonds. The van der Waals surface area contributed by atoms with Gasteiger partial charge in [-0.05, 0) is 64.8 Å². The van der Waals surface area contributed by atoms with E-state index in [1.165, 1.54) is 12.1 Å². The van der Waals surface area contributed by atoms with Crippen LogP contribution in [-0.4, -0.2) is 12.9 Å². The van der Waals surface area contributed by atoms with Crippen LogP contribution in [0.2, 0.25) is 0 Å². The van der Waals surface area contributed by atoms with E-state index >= 15 is 0 Å². The Hall–Kier alpha value is -0.140. The molecule has 1 saturated heterocycles. The van der Waals surface area contributed by atoms with Crippen molar-refractivity contribution in [2.45, 2.75) is 37.1 Å². The summed E-state index contributed by atoms with van der Waals surface area (Å²) in [5, 5.41) is 5.48. The second-order valence-corrected chi connectivity index (χ2v) is 5.57. The summed E-state index contributed by atoms with van der Waals surface area (Å²) in [5.41, 5.74) is 0.747. The van der Waals surface area contributed by atoms with Gasteiger partial charge in [-0.3, -0.25) is 5.14 Å². The maximum atomic E-state index is 13.4. The van der Waals surface area contributed by atoms with E-state index in [1.807, 2.05) is 0 Å². The number of ether oxygens (including phenoxy) is 2. The van der Waals surface area contributed by atoms with E-state index < -0.39 is 0 Å². The highest BCUT2D eigenvalue weighted by Crippen LogP contribution is 2.30. The van der Waals surface area contributed by atoms with Crippen LogP contribution in [0.3, 0.4) is 0 Å². The van der Waals surface area contributed by atoms with Gasteiger partial charge in [-0.15, -0.1) is 0 Å². The average Bonchev–Trinajstić information content (AvgIpc) is 2.40. The molecule has 1 unspecified atom stereocenters. The molecule has 3 nitrogen and oxygen atoms in total. The molecule has 1 aromatic carbocycles. The Balaban J connectivity index is 2.01. The van der Waals surface area contributed by atoms with Gasteiger partial charge in [-0.1, -0.05) is 0 Å². The summed E-state index contributed by atoms with van der Waals surface area (Å²) >= 11 is 4.42. The molecule has 1 fully saturated rings. The summed E-state index contributed by atoms with van der Waals surface area (Å²) in [7, 11) is 0. The molecule has 100 valence electrons. The Morgan fingerprint density at radius 1 is 1.50 bits per heavy atom. The van der Waals surface area contributed by atoms with Gasteiger partial charge in [0.05, 0.1) is 6.61 Å². The van der Waals surface area contributed by atoms with Crippen molar-refractivity contribution in [3.8, 4) is 0 Å². The molecule has 0 bridgehead atoms. The summed E-state index contributed by atoms with van der Waals surface area (Å²) in [6.07, 6.45) is 2.91. The third-order valence-electron chi connectivity index (χ3n) is 2.77. The van der Waals surface area contributed by atoms with E-state index in [0.29, 0.717) is 11.5 Å². The zero-order valence-electron chi connectivity index (χ0n) is 9.83. The molecule has 1 aliphatic heterocycles. The van der Waals surface area contributed by atoms with Crippen molar-refractivity contribution in [1.29, 1.82) is 0 Å². The molecule has 1 heterocycles. The first-order valence-corrected chi connectivity index (χ1v) is 7.46. The summed E-state index contributed by atoms with van der Waals surface area (Å²) in [6.45, 7) is 1.05. The number of hydrogen-bond acceptors (Lipinski definition) is 4. The molecule has 2 rings (SSSR count). The van der Waals surface area contributed by atoms with Gasteiger partial charge in [0.1, 0.15) is 5.82 Å². The quantitative estimate of drug-likeness (QED) is 0.854. The van der Waals surface area contributed by atoms with Crippen LogP contribution in [-0.2, 0) is 16.1 Å². The molecular weight excluding hydrogens is 321 g/mol. The van der Waals surface area contributed by atoms with Crippen molar-refractivity contribution in [1.82, 2.24) is 0 Å². The van der Waals surface area contributed by atoms with E-state index in [-0.39, 0.29) is 12.1 Å². The largest absolute Gasteiger partial charge is 0.353 e. The topological polar surface area (TPSA) is 44.5 Å². The molecule has 1 atom stereocenters. The zero-order chi connectivity index (χ0) is 13.0. The number of benzene rings is 1. The van der Waals surface area contributed by atoms with Gasteiger partial charge in [0.2, 0.25) is 0 Å². The highest BCUT2D eigenvalue weighted by molar-refractivity contribution is 9.10. The van der Waals surface area contributed by atoms with Gasteiger partial charge >= 0.3 is 0 Å². The normalized spacial score (nSPS) is 20.1. The standard InChI is InChI=1S/C12H15BrFNO2S/c13-12-8(5-9(14)6-10(12)18-15)7-17-11-3-1-2-4-16-11/h5-6,11H,1-4,7,15H2. The minimum Gasteiger partial charge on any atom is -0.353 e. The van der Waals surface area contributed by atoms with Crippen molar-refractivity contribution >= 4 is 27.9 Å². The first kappa shape index (κ1) is 14.3. The summed E-state index contributed by atoms with van der Waals surface area (Å²) in [6, 6.07) is 2.85. The number of halogens is 2. The lowest BCUT2D eigenvalue weighted by atomic mass is 10.2. The van der Waals surface area contributed by atoms with Gasteiger partial charge in [-0.2, -0.15) is 0 Å². The molecule has 0 aromatic heterocycles. The molecule has 1 aromatic rings. The van der Waals surface area contributed by atoms with E-state index in [0.717, 1.165) is 47.9 Å². The van der Waals surface area contributed by atoms with Crippen molar-refractivity contribution < 1.29 is 13.9 Å². The third kappa shape index (κ3) is 3.68. The molecule has 2 N–H and O–H groups in total.